The highest BCUT2D eigenvalue weighted by Gasteiger charge is 2.11. The third-order valence-corrected chi connectivity index (χ3v) is 4.89. The second-order valence-corrected chi connectivity index (χ2v) is 6.55. The van der Waals surface area contributed by atoms with Crippen LogP contribution in [0.1, 0.15) is 12.5 Å². The fraction of sp³-hybridized carbons (Fsp3) is 0.211. The lowest BCUT2D eigenvalue weighted by molar-refractivity contribution is -0.118. The number of ether oxygens (including phenoxy) is 1. The van der Waals surface area contributed by atoms with Gasteiger partial charge in [-0.1, -0.05) is 30.0 Å². The largest absolute Gasteiger partial charge is 0.504 e. The molecule has 2 aromatic carbocycles. The number of nitrogens with zero attached hydrogens (tertiary/aromatic N) is 3. The predicted molar refractivity (Wildman–Crippen MR) is 107 cm³/mol. The summed E-state index contributed by atoms with van der Waals surface area (Å²) in [5.41, 5.74) is 4.87. The minimum Gasteiger partial charge on any atom is -0.504 e. The van der Waals surface area contributed by atoms with E-state index in [9.17, 15) is 9.90 Å². The smallest absolute Gasteiger partial charge is 0.250 e. The van der Waals surface area contributed by atoms with Crippen molar-refractivity contribution in [3.05, 3.63) is 48.0 Å². The first-order valence-corrected chi connectivity index (χ1v) is 9.38. The number of aromatic nitrogens is 2. The zero-order valence-electron chi connectivity index (χ0n) is 15.0. The molecule has 0 aliphatic carbocycles. The van der Waals surface area contributed by atoms with E-state index in [1.807, 2.05) is 31.2 Å². The SMILES string of the molecule is CCn1c(SCC(=O)NN=Cc2cccc(OC)c2O)nc2ccccc21. The summed E-state index contributed by atoms with van der Waals surface area (Å²) in [4.78, 5) is 16.6. The Morgan fingerprint density at radius 2 is 2.15 bits per heavy atom. The average Bonchev–Trinajstić information content (AvgIpc) is 3.05. The molecule has 2 N–H and O–H groups in total. The summed E-state index contributed by atoms with van der Waals surface area (Å²) < 4.78 is 7.11. The molecule has 0 spiro atoms. The lowest BCUT2D eigenvalue weighted by Crippen LogP contribution is -2.20. The van der Waals surface area contributed by atoms with Crippen LogP contribution in [-0.2, 0) is 11.3 Å². The molecular formula is C19H20N4O3S. The van der Waals surface area contributed by atoms with E-state index in [1.165, 1.54) is 25.1 Å². The number of nitrogens with one attached hydrogen (secondary N) is 1. The van der Waals surface area contributed by atoms with Crippen molar-refractivity contribution in [2.24, 2.45) is 5.10 Å². The van der Waals surface area contributed by atoms with E-state index in [-0.39, 0.29) is 17.4 Å². The van der Waals surface area contributed by atoms with Gasteiger partial charge in [0.1, 0.15) is 0 Å². The maximum absolute atomic E-state index is 12.1. The van der Waals surface area contributed by atoms with Crippen molar-refractivity contribution < 1.29 is 14.6 Å². The Labute approximate surface area is 161 Å². The zero-order valence-corrected chi connectivity index (χ0v) is 15.9. The number of imidazole rings is 1. The third kappa shape index (κ3) is 4.22. The van der Waals surface area contributed by atoms with Gasteiger partial charge in [-0.15, -0.1) is 0 Å². The summed E-state index contributed by atoms with van der Waals surface area (Å²) in [6, 6.07) is 12.9. The monoisotopic (exact) mass is 384 g/mol. The normalized spacial score (nSPS) is 11.2. The minimum absolute atomic E-state index is 0.0240. The van der Waals surface area contributed by atoms with E-state index in [1.54, 1.807) is 18.2 Å². The Morgan fingerprint density at radius 1 is 1.33 bits per heavy atom. The molecule has 1 heterocycles. The quantitative estimate of drug-likeness (QED) is 0.371. The molecule has 8 heteroatoms. The summed E-state index contributed by atoms with van der Waals surface area (Å²) in [6.45, 7) is 2.82. The molecule has 0 atom stereocenters. The lowest BCUT2D eigenvalue weighted by atomic mass is 10.2. The molecule has 27 heavy (non-hydrogen) atoms. The van der Waals surface area contributed by atoms with Crippen molar-refractivity contribution in [2.75, 3.05) is 12.9 Å². The molecular weight excluding hydrogens is 364 g/mol. The number of rotatable bonds is 7. The number of aryl methyl sites for hydroxylation is 1. The van der Waals surface area contributed by atoms with Crippen molar-refractivity contribution in [1.29, 1.82) is 0 Å². The van der Waals surface area contributed by atoms with Crippen LogP contribution in [0.2, 0.25) is 0 Å². The molecule has 0 radical (unpaired) electrons. The molecule has 0 unspecified atom stereocenters. The van der Waals surface area contributed by atoms with Crippen molar-refractivity contribution >= 4 is 34.9 Å². The van der Waals surface area contributed by atoms with Gasteiger partial charge in [-0.25, -0.2) is 10.4 Å². The molecule has 0 saturated carbocycles. The Morgan fingerprint density at radius 3 is 2.93 bits per heavy atom. The van der Waals surface area contributed by atoms with E-state index in [4.69, 9.17) is 4.74 Å². The van der Waals surface area contributed by atoms with Gasteiger partial charge in [0.2, 0.25) is 0 Å². The summed E-state index contributed by atoms with van der Waals surface area (Å²) in [5.74, 6) is 0.252. The Hall–Kier alpha value is -3.00. The highest BCUT2D eigenvalue weighted by atomic mass is 32.2. The Kier molecular flexibility index (Phi) is 5.97. The molecule has 3 rings (SSSR count). The number of hydrazone groups is 1. The number of fused-ring (bicyclic) bond motifs is 1. The number of benzene rings is 2. The molecule has 0 aliphatic heterocycles. The predicted octanol–water partition coefficient (Wildman–Crippen LogP) is 3.01. The van der Waals surface area contributed by atoms with E-state index < -0.39 is 0 Å². The fourth-order valence-electron chi connectivity index (χ4n) is 2.61. The maximum atomic E-state index is 12.1. The number of hydrogen-bond donors (Lipinski definition) is 2. The highest BCUT2D eigenvalue weighted by Crippen LogP contribution is 2.28. The van der Waals surface area contributed by atoms with E-state index >= 15 is 0 Å². The van der Waals surface area contributed by atoms with Crippen molar-refractivity contribution in [3.8, 4) is 11.5 Å². The number of carbonyl (C=O) groups excluding carboxylic acids is 1. The Balaban J connectivity index is 1.61. The second-order valence-electron chi connectivity index (χ2n) is 5.61. The number of aromatic hydroxyl groups is 1. The first-order chi connectivity index (χ1) is 13.1. The van der Waals surface area contributed by atoms with Crippen LogP contribution in [0.4, 0.5) is 0 Å². The summed E-state index contributed by atoms with van der Waals surface area (Å²) in [6.07, 6.45) is 1.38. The second kappa shape index (κ2) is 8.59. The van der Waals surface area contributed by atoms with Gasteiger partial charge >= 0.3 is 0 Å². The van der Waals surface area contributed by atoms with Gasteiger partial charge in [0.15, 0.2) is 16.7 Å². The summed E-state index contributed by atoms with van der Waals surface area (Å²) in [7, 11) is 1.47. The number of hydrogen-bond acceptors (Lipinski definition) is 6. The van der Waals surface area contributed by atoms with Gasteiger partial charge in [0.05, 0.1) is 30.1 Å². The lowest BCUT2D eigenvalue weighted by Gasteiger charge is -2.05. The fourth-order valence-corrected chi connectivity index (χ4v) is 3.48. The molecule has 3 aromatic rings. The van der Waals surface area contributed by atoms with E-state index in [0.717, 1.165) is 22.7 Å². The molecule has 1 amide bonds. The van der Waals surface area contributed by atoms with Crippen LogP contribution in [0.3, 0.4) is 0 Å². The number of phenols is 1. The number of phenolic OH excluding ortho intramolecular Hbond substituents is 1. The number of amides is 1. The van der Waals surface area contributed by atoms with Gasteiger partial charge in [-0.2, -0.15) is 5.10 Å². The van der Waals surface area contributed by atoms with Crippen molar-refractivity contribution in [3.63, 3.8) is 0 Å². The van der Waals surface area contributed by atoms with E-state index in [2.05, 4.69) is 20.1 Å². The highest BCUT2D eigenvalue weighted by molar-refractivity contribution is 7.99. The molecule has 0 bridgehead atoms. The van der Waals surface area contributed by atoms with Gasteiger partial charge in [-0.3, -0.25) is 4.79 Å². The molecule has 1 aromatic heterocycles. The van der Waals surface area contributed by atoms with Crippen LogP contribution in [0.15, 0.2) is 52.7 Å². The van der Waals surface area contributed by atoms with Crippen LogP contribution in [0.5, 0.6) is 11.5 Å². The number of carbonyl (C=O) groups is 1. The topological polar surface area (TPSA) is 88.7 Å². The van der Waals surface area contributed by atoms with Crippen LogP contribution >= 0.6 is 11.8 Å². The number of para-hydroxylation sites is 3. The first kappa shape index (κ1) is 18.8. The minimum atomic E-state index is -0.256. The standard InChI is InChI=1S/C19H20N4O3S/c1-3-23-15-9-5-4-8-14(15)21-19(23)27-12-17(24)22-20-11-13-7-6-10-16(26-2)18(13)25/h4-11,25H,3,12H2,1-2H3,(H,22,24). The summed E-state index contributed by atoms with van der Waals surface area (Å²) >= 11 is 1.36. The van der Waals surface area contributed by atoms with Crippen LogP contribution < -0.4 is 10.2 Å². The molecule has 140 valence electrons. The number of thioether (sulfide) groups is 1. The van der Waals surface area contributed by atoms with Gasteiger partial charge in [0.25, 0.3) is 5.91 Å². The zero-order chi connectivity index (χ0) is 19.2. The third-order valence-electron chi connectivity index (χ3n) is 3.91. The maximum Gasteiger partial charge on any atom is 0.250 e. The molecule has 7 nitrogen and oxygen atoms in total. The molecule has 0 fully saturated rings. The molecule has 0 aliphatic rings. The van der Waals surface area contributed by atoms with Crippen LogP contribution in [-0.4, -0.2) is 39.6 Å². The van der Waals surface area contributed by atoms with Crippen LogP contribution in [0, 0.1) is 0 Å². The van der Waals surface area contributed by atoms with Gasteiger partial charge in [-0.05, 0) is 31.2 Å². The summed E-state index contributed by atoms with van der Waals surface area (Å²) in [5, 5.41) is 14.7. The van der Waals surface area contributed by atoms with Crippen LogP contribution in [0.25, 0.3) is 11.0 Å². The van der Waals surface area contributed by atoms with E-state index in [0.29, 0.717) is 11.3 Å². The molecule has 0 saturated heterocycles. The van der Waals surface area contributed by atoms with Crippen molar-refractivity contribution in [2.45, 2.75) is 18.6 Å². The Bertz CT molecular complexity index is 984. The van der Waals surface area contributed by atoms with Crippen molar-refractivity contribution in [1.82, 2.24) is 15.0 Å². The van der Waals surface area contributed by atoms with Gasteiger partial charge in [0, 0.05) is 12.1 Å². The number of methoxy groups -OCH3 is 1. The first-order valence-electron chi connectivity index (χ1n) is 8.40. The average molecular weight is 384 g/mol. The van der Waals surface area contributed by atoms with Gasteiger partial charge < -0.3 is 14.4 Å².